The predicted octanol–water partition coefficient (Wildman–Crippen LogP) is 1.66. The molecule has 0 saturated heterocycles. The van der Waals surface area contributed by atoms with Crippen LogP contribution in [0.15, 0.2) is 47.1 Å². The molecule has 7 heteroatoms. The fourth-order valence-corrected chi connectivity index (χ4v) is 3.07. The Morgan fingerprint density at radius 3 is 2.84 bits per heavy atom. The molecule has 0 bridgehead atoms. The van der Waals surface area contributed by atoms with Gasteiger partial charge in [0.1, 0.15) is 11.6 Å². The summed E-state index contributed by atoms with van der Waals surface area (Å²) in [7, 11) is 1.87. The zero-order chi connectivity index (χ0) is 17.4. The number of rotatable bonds is 4. The molecule has 1 aliphatic carbocycles. The van der Waals surface area contributed by atoms with E-state index >= 15 is 0 Å². The Balaban J connectivity index is 1.32. The van der Waals surface area contributed by atoms with Gasteiger partial charge in [-0.1, -0.05) is 12.1 Å². The molecule has 7 nitrogen and oxygen atoms in total. The van der Waals surface area contributed by atoms with Crippen LogP contribution >= 0.6 is 0 Å². The molecule has 1 aromatic carbocycles. The third-order valence-corrected chi connectivity index (χ3v) is 4.56. The van der Waals surface area contributed by atoms with Crippen molar-refractivity contribution in [3.63, 3.8) is 0 Å². The lowest BCUT2D eigenvalue weighted by atomic mass is 10.2. The van der Waals surface area contributed by atoms with Crippen molar-refractivity contribution >= 4 is 22.8 Å². The van der Waals surface area contributed by atoms with E-state index in [1.165, 1.54) is 0 Å². The first-order chi connectivity index (χ1) is 12.1. The zero-order valence-electron chi connectivity index (χ0n) is 13.7. The van der Waals surface area contributed by atoms with Crippen molar-refractivity contribution in [1.29, 1.82) is 0 Å². The Morgan fingerprint density at radius 1 is 1.24 bits per heavy atom. The van der Waals surface area contributed by atoms with Crippen molar-refractivity contribution in [2.24, 2.45) is 13.0 Å². The molecule has 4 rings (SSSR count). The van der Waals surface area contributed by atoms with Gasteiger partial charge in [-0.25, -0.2) is 4.98 Å². The van der Waals surface area contributed by atoms with Gasteiger partial charge in [0.15, 0.2) is 0 Å². The minimum Gasteiger partial charge on any atom is -0.469 e. The summed E-state index contributed by atoms with van der Waals surface area (Å²) in [5.74, 6) is 0.912. The molecule has 2 amide bonds. The second kappa shape index (κ2) is 6.08. The highest BCUT2D eigenvalue weighted by Crippen LogP contribution is 2.47. The maximum Gasteiger partial charge on any atom is 0.245 e. The summed E-state index contributed by atoms with van der Waals surface area (Å²) in [6.07, 6.45) is 2.43. The van der Waals surface area contributed by atoms with Crippen molar-refractivity contribution in [3.8, 4) is 0 Å². The molecule has 128 valence electrons. The van der Waals surface area contributed by atoms with Crippen molar-refractivity contribution in [2.45, 2.75) is 18.8 Å². The number of hydrogen-bond acceptors (Lipinski definition) is 4. The van der Waals surface area contributed by atoms with Crippen molar-refractivity contribution < 1.29 is 14.0 Å². The van der Waals surface area contributed by atoms with E-state index in [2.05, 4.69) is 15.8 Å². The number of benzene rings is 1. The Labute approximate surface area is 144 Å². The third kappa shape index (κ3) is 3.00. The van der Waals surface area contributed by atoms with E-state index < -0.39 is 0 Å². The number of amides is 2. The first-order valence-electron chi connectivity index (χ1n) is 8.16. The van der Waals surface area contributed by atoms with Crippen LogP contribution in [0, 0.1) is 5.92 Å². The van der Waals surface area contributed by atoms with Crippen molar-refractivity contribution in [1.82, 2.24) is 20.4 Å². The minimum absolute atomic E-state index is 0.0950. The summed E-state index contributed by atoms with van der Waals surface area (Å²) >= 11 is 0. The third-order valence-electron chi connectivity index (χ3n) is 4.56. The van der Waals surface area contributed by atoms with Gasteiger partial charge in [0, 0.05) is 13.0 Å². The lowest BCUT2D eigenvalue weighted by Crippen LogP contribution is -2.43. The van der Waals surface area contributed by atoms with Gasteiger partial charge in [-0.05, 0) is 30.7 Å². The number of para-hydroxylation sites is 2. The summed E-state index contributed by atoms with van der Waals surface area (Å²) in [6.45, 7) is 0. The zero-order valence-corrected chi connectivity index (χ0v) is 13.7. The Kier molecular flexibility index (Phi) is 3.76. The highest BCUT2D eigenvalue weighted by Gasteiger charge is 2.46. The average Bonchev–Trinajstić information content (AvgIpc) is 3.10. The number of fused-ring (bicyclic) bond motifs is 1. The van der Waals surface area contributed by atoms with E-state index in [4.69, 9.17) is 4.42 Å². The SMILES string of the molecule is Cn1c(CC(=O)NNC(=O)[C@@H]2C[C@H]2c2ccco2)nc2ccccc21. The van der Waals surface area contributed by atoms with Gasteiger partial charge in [0.05, 0.1) is 29.6 Å². The van der Waals surface area contributed by atoms with Crippen molar-refractivity contribution in [3.05, 3.63) is 54.2 Å². The monoisotopic (exact) mass is 338 g/mol. The molecule has 0 radical (unpaired) electrons. The molecule has 2 aromatic heterocycles. The van der Waals surface area contributed by atoms with Gasteiger partial charge >= 0.3 is 0 Å². The number of imidazole rings is 1. The topological polar surface area (TPSA) is 89.2 Å². The Hall–Kier alpha value is -3.09. The summed E-state index contributed by atoms with van der Waals surface area (Å²) in [4.78, 5) is 28.6. The summed E-state index contributed by atoms with van der Waals surface area (Å²) < 4.78 is 7.19. The number of aromatic nitrogens is 2. The maximum absolute atomic E-state index is 12.1. The number of nitrogens with zero attached hydrogens (tertiary/aromatic N) is 2. The van der Waals surface area contributed by atoms with Crippen LogP contribution in [0.2, 0.25) is 0 Å². The molecule has 0 aliphatic heterocycles. The molecule has 1 aliphatic rings. The molecule has 25 heavy (non-hydrogen) atoms. The molecule has 1 saturated carbocycles. The normalized spacial score (nSPS) is 18.9. The van der Waals surface area contributed by atoms with E-state index in [0.717, 1.165) is 23.2 Å². The fraction of sp³-hybridized carbons (Fsp3) is 0.278. The van der Waals surface area contributed by atoms with E-state index in [-0.39, 0.29) is 30.1 Å². The van der Waals surface area contributed by atoms with Crippen LogP contribution in [0.4, 0.5) is 0 Å². The van der Waals surface area contributed by atoms with Crippen LogP contribution in [0.25, 0.3) is 11.0 Å². The second-order valence-electron chi connectivity index (χ2n) is 6.25. The van der Waals surface area contributed by atoms with E-state index in [0.29, 0.717) is 5.82 Å². The number of nitrogens with one attached hydrogen (secondary N) is 2. The smallest absolute Gasteiger partial charge is 0.245 e. The quantitative estimate of drug-likeness (QED) is 0.708. The van der Waals surface area contributed by atoms with Crippen LogP contribution in [0.5, 0.6) is 0 Å². The fourth-order valence-electron chi connectivity index (χ4n) is 3.07. The Morgan fingerprint density at radius 2 is 2.08 bits per heavy atom. The summed E-state index contributed by atoms with van der Waals surface area (Å²) in [5, 5.41) is 0. The molecule has 2 atom stereocenters. The number of hydrazine groups is 1. The standard InChI is InChI=1S/C18H18N4O3/c1-22-14-6-3-2-5-13(14)19-16(22)10-17(23)20-21-18(24)12-9-11(12)15-7-4-8-25-15/h2-8,11-12H,9-10H2,1H3,(H,20,23)(H,21,24)/t11-,12-/m1/s1. The maximum atomic E-state index is 12.1. The van der Waals surface area contributed by atoms with Gasteiger partial charge in [-0.3, -0.25) is 20.4 Å². The van der Waals surface area contributed by atoms with Crippen molar-refractivity contribution in [2.75, 3.05) is 0 Å². The van der Waals surface area contributed by atoms with Gasteiger partial charge in [-0.15, -0.1) is 0 Å². The van der Waals surface area contributed by atoms with Crippen LogP contribution in [-0.4, -0.2) is 21.4 Å². The summed E-state index contributed by atoms with van der Waals surface area (Å²) in [6, 6.07) is 11.4. The molecule has 0 unspecified atom stereocenters. The molecule has 2 N–H and O–H groups in total. The summed E-state index contributed by atoms with van der Waals surface area (Å²) in [5.41, 5.74) is 6.77. The van der Waals surface area contributed by atoms with Crippen LogP contribution in [0.3, 0.4) is 0 Å². The number of carbonyl (C=O) groups is 2. The Bertz CT molecular complexity index is 929. The molecular weight excluding hydrogens is 320 g/mol. The number of furan rings is 1. The lowest BCUT2D eigenvalue weighted by molar-refractivity contribution is -0.129. The van der Waals surface area contributed by atoms with Gasteiger partial charge in [0.2, 0.25) is 11.8 Å². The first-order valence-corrected chi connectivity index (χ1v) is 8.16. The number of carbonyl (C=O) groups excluding carboxylic acids is 2. The first kappa shape index (κ1) is 15.4. The molecule has 3 aromatic rings. The predicted molar refractivity (Wildman–Crippen MR) is 90.3 cm³/mol. The van der Waals surface area contributed by atoms with E-state index in [1.54, 1.807) is 12.3 Å². The molecule has 2 heterocycles. The largest absolute Gasteiger partial charge is 0.469 e. The van der Waals surface area contributed by atoms with Gasteiger partial charge < -0.3 is 8.98 Å². The van der Waals surface area contributed by atoms with Crippen LogP contribution in [-0.2, 0) is 23.1 Å². The number of hydrogen-bond donors (Lipinski definition) is 2. The van der Waals surface area contributed by atoms with E-state index in [9.17, 15) is 9.59 Å². The second-order valence-corrected chi connectivity index (χ2v) is 6.25. The molecule has 1 fully saturated rings. The highest BCUT2D eigenvalue weighted by molar-refractivity contribution is 5.86. The number of aryl methyl sites for hydroxylation is 1. The highest BCUT2D eigenvalue weighted by atomic mass is 16.3. The van der Waals surface area contributed by atoms with Crippen LogP contribution < -0.4 is 10.9 Å². The van der Waals surface area contributed by atoms with Crippen LogP contribution in [0.1, 0.15) is 23.9 Å². The van der Waals surface area contributed by atoms with E-state index in [1.807, 2.05) is 41.9 Å². The van der Waals surface area contributed by atoms with Gasteiger partial charge in [0.25, 0.3) is 0 Å². The average molecular weight is 338 g/mol. The lowest BCUT2D eigenvalue weighted by Gasteiger charge is -2.07. The van der Waals surface area contributed by atoms with Gasteiger partial charge in [-0.2, -0.15) is 0 Å². The molecular formula is C18H18N4O3. The molecule has 0 spiro atoms. The minimum atomic E-state index is -0.304.